The van der Waals surface area contributed by atoms with Gasteiger partial charge < -0.3 is 0 Å². The lowest BCUT2D eigenvalue weighted by Crippen LogP contribution is -2.29. The Morgan fingerprint density at radius 2 is 2.05 bits per heavy atom. The van der Waals surface area contributed by atoms with Crippen molar-refractivity contribution in [1.82, 2.24) is 30.0 Å². The molecule has 0 N–H and O–H groups in total. The summed E-state index contributed by atoms with van der Waals surface area (Å²) in [5, 5.41) is 24.8. The zero-order valence-electron chi connectivity index (χ0n) is 12.4. The zero-order chi connectivity index (χ0) is 15.4. The van der Waals surface area contributed by atoms with E-state index in [0.717, 1.165) is 12.8 Å². The quantitative estimate of drug-likeness (QED) is 0.796. The number of aryl methyl sites for hydroxylation is 2. The summed E-state index contributed by atoms with van der Waals surface area (Å²) in [5.41, 5.74) is 0.976. The number of tetrazole rings is 1. The van der Waals surface area contributed by atoms with Crippen molar-refractivity contribution in [1.29, 1.82) is 5.26 Å². The lowest BCUT2D eigenvalue weighted by molar-refractivity contribution is 0.505. The number of aromatic nitrogens is 6. The van der Waals surface area contributed by atoms with E-state index < -0.39 is 5.56 Å². The van der Waals surface area contributed by atoms with Gasteiger partial charge in [0.1, 0.15) is 18.2 Å². The molecule has 0 amide bonds. The van der Waals surface area contributed by atoms with Crippen LogP contribution >= 0.6 is 0 Å². The first kappa shape index (κ1) is 14.8. The summed E-state index contributed by atoms with van der Waals surface area (Å²) in [6.45, 7) is 6.43. The van der Waals surface area contributed by atoms with Crippen molar-refractivity contribution in [3.05, 3.63) is 33.0 Å². The second kappa shape index (κ2) is 6.26. The minimum atomic E-state index is -0.411. The van der Waals surface area contributed by atoms with Crippen LogP contribution in [0.1, 0.15) is 42.4 Å². The number of nitriles is 1. The van der Waals surface area contributed by atoms with E-state index in [0.29, 0.717) is 23.6 Å². The molecule has 0 atom stereocenters. The fraction of sp³-hybridized carbons (Fsp3) is 0.538. The van der Waals surface area contributed by atoms with Crippen LogP contribution in [0.5, 0.6) is 0 Å². The van der Waals surface area contributed by atoms with Crippen LogP contribution in [0.25, 0.3) is 0 Å². The first-order valence-corrected chi connectivity index (χ1v) is 6.82. The van der Waals surface area contributed by atoms with Crippen LogP contribution in [0, 0.1) is 25.2 Å². The third-order valence-electron chi connectivity index (χ3n) is 3.37. The smallest absolute Gasteiger partial charge is 0.266 e. The van der Waals surface area contributed by atoms with Crippen molar-refractivity contribution < 1.29 is 0 Å². The monoisotopic (exact) mass is 287 g/mol. The van der Waals surface area contributed by atoms with Gasteiger partial charge in [-0.25, -0.2) is 9.36 Å². The average Bonchev–Trinajstić information content (AvgIpc) is 2.90. The third kappa shape index (κ3) is 2.97. The summed E-state index contributed by atoms with van der Waals surface area (Å²) < 4.78 is 2.91. The van der Waals surface area contributed by atoms with E-state index >= 15 is 0 Å². The second-order valence-corrected chi connectivity index (χ2v) is 4.83. The molecular formula is C13H17N7O. The number of hydrogen-bond donors (Lipinski definition) is 0. The molecule has 21 heavy (non-hydrogen) atoms. The zero-order valence-corrected chi connectivity index (χ0v) is 12.4. The molecule has 8 heteroatoms. The van der Waals surface area contributed by atoms with E-state index in [9.17, 15) is 4.79 Å². The van der Waals surface area contributed by atoms with Gasteiger partial charge >= 0.3 is 0 Å². The number of hydrogen-bond acceptors (Lipinski definition) is 6. The number of nitrogens with zero attached hydrogens (tertiary/aromatic N) is 7. The van der Waals surface area contributed by atoms with Crippen LogP contribution in [-0.4, -0.2) is 30.0 Å². The van der Waals surface area contributed by atoms with E-state index in [4.69, 9.17) is 5.26 Å². The molecule has 0 fully saturated rings. The maximum Gasteiger partial charge on any atom is 0.285 e. The van der Waals surface area contributed by atoms with Crippen molar-refractivity contribution >= 4 is 0 Å². The van der Waals surface area contributed by atoms with Crippen molar-refractivity contribution in [3.63, 3.8) is 0 Å². The largest absolute Gasteiger partial charge is 0.285 e. The lowest BCUT2D eigenvalue weighted by atomic mass is 10.1. The Kier molecular flexibility index (Phi) is 4.42. The van der Waals surface area contributed by atoms with Gasteiger partial charge in [-0.2, -0.15) is 10.4 Å². The normalized spacial score (nSPS) is 10.6. The van der Waals surface area contributed by atoms with Crippen LogP contribution in [0.15, 0.2) is 4.79 Å². The predicted octanol–water partition coefficient (Wildman–Crippen LogP) is 0.567. The van der Waals surface area contributed by atoms with Gasteiger partial charge in [0.2, 0.25) is 0 Å². The summed E-state index contributed by atoms with van der Waals surface area (Å²) >= 11 is 0. The Hall–Kier alpha value is -2.56. The number of rotatable bonds is 5. The minimum absolute atomic E-state index is 0.120. The van der Waals surface area contributed by atoms with Gasteiger partial charge in [-0.1, -0.05) is 13.3 Å². The predicted molar refractivity (Wildman–Crippen MR) is 74.5 cm³/mol. The van der Waals surface area contributed by atoms with Gasteiger partial charge in [-0.3, -0.25) is 4.79 Å². The highest BCUT2D eigenvalue weighted by atomic mass is 16.1. The van der Waals surface area contributed by atoms with Crippen LogP contribution in [0.2, 0.25) is 0 Å². The molecule has 0 bridgehead atoms. The Morgan fingerprint density at radius 3 is 2.71 bits per heavy atom. The summed E-state index contributed by atoms with van der Waals surface area (Å²) in [6.07, 6.45) is 1.98. The van der Waals surface area contributed by atoms with E-state index in [-0.39, 0.29) is 12.1 Å². The molecule has 0 saturated heterocycles. The Balaban J connectivity index is 2.37. The molecule has 2 rings (SSSR count). The molecule has 0 aliphatic carbocycles. The molecular weight excluding hydrogens is 270 g/mol. The van der Waals surface area contributed by atoms with Crippen LogP contribution < -0.4 is 5.56 Å². The van der Waals surface area contributed by atoms with Crippen LogP contribution in [0.3, 0.4) is 0 Å². The molecule has 0 spiro atoms. The van der Waals surface area contributed by atoms with Gasteiger partial charge in [0.15, 0.2) is 5.82 Å². The molecule has 0 aromatic carbocycles. The third-order valence-corrected chi connectivity index (χ3v) is 3.37. The summed E-state index contributed by atoms with van der Waals surface area (Å²) in [4.78, 5) is 12.2. The first-order valence-electron chi connectivity index (χ1n) is 6.82. The fourth-order valence-corrected chi connectivity index (χ4v) is 1.96. The Bertz CT molecular complexity index is 738. The second-order valence-electron chi connectivity index (χ2n) is 4.83. The van der Waals surface area contributed by atoms with Crippen molar-refractivity contribution in [2.24, 2.45) is 0 Å². The van der Waals surface area contributed by atoms with E-state index in [1.807, 2.05) is 6.07 Å². The molecule has 0 unspecified atom stereocenters. The molecule has 2 aromatic heterocycles. The fourth-order valence-electron chi connectivity index (χ4n) is 1.96. The van der Waals surface area contributed by atoms with Gasteiger partial charge in [-0.05, 0) is 36.3 Å². The highest BCUT2D eigenvalue weighted by Gasteiger charge is 2.14. The molecule has 8 nitrogen and oxygen atoms in total. The molecule has 0 aliphatic heterocycles. The van der Waals surface area contributed by atoms with Crippen molar-refractivity contribution in [2.45, 2.75) is 46.7 Å². The van der Waals surface area contributed by atoms with Crippen LogP contribution in [0.4, 0.5) is 0 Å². The summed E-state index contributed by atoms with van der Waals surface area (Å²) in [7, 11) is 0. The first-order chi connectivity index (χ1) is 10.1. The molecule has 2 heterocycles. The molecule has 0 saturated carbocycles. The summed E-state index contributed by atoms with van der Waals surface area (Å²) in [5.74, 6) is 0.560. The van der Waals surface area contributed by atoms with Crippen LogP contribution in [-0.2, 0) is 13.1 Å². The SMILES string of the molecule is CCCCn1nnnc1Cn1nc(C)c(C)c(C#N)c1=O. The highest BCUT2D eigenvalue weighted by Crippen LogP contribution is 2.06. The molecule has 0 radical (unpaired) electrons. The van der Waals surface area contributed by atoms with Gasteiger partial charge in [0.05, 0.1) is 5.69 Å². The van der Waals surface area contributed by atoms with Gasteiger partial charge in [-0.15, -0.1) is 5.10 Å². The molecule has 0 aliphatic rings. The van der Waals surface area contributed by atoms with Crippen molar-refractivity contribution in [2.75, 3.05) is 0 Å². The van der Waals surface area contributed by atoms with E-state index in [2.05, 4.69) is 27.5 Å². The standard InChI is InChI=1S/C13H17N7O/c1-4-5-6-19-12(15-17-18-19)8-20-13(21)11(7-14)9(2)10(3)16-20/h4-6,8H2,1-3H3. The Labute approximate surface area is 122 Å². The van der Waals surface area contributed by atoms with Gasteiger partial charge in [0, 0.05) is 6.54 Å². The molecule has 2 aromatic rings. The molecule has 110 valence electrons. The van der Waals surface area contributed by atoms with E-state index in [1.54, 1.807) is 18.5 Å². The lowest BCUT2D eigenvalue weighted by Gasteiger charge is -2.09. The maximum atomic E-state index is 12.2. The Morgan fingerprint density at radius 1 is 1.29 bits per heavy atom. The van der Waals surface area contributed by atoms with Crippen molar-refractivity contribution in [3.8, 4) is 6.07 Å². The van der Waals surface area contributed by atoms with Gasteiger partial charge in [0.25, 0.3) is 5.56 Å². The minimum Gasteiger partial charge on any atom is -0.266 e. The highest BCUT2D eigenvalue weighted by molar-refractivity contribution is 5.36. The van der Waals surface area contributed by atoms with E-state index in [1.165, 1.54) is 4.68 Å². The maximum absolute atomic E-state index is 12.2. The average molecular weight is 287 g/mol. The number of unbranched alkanes of at least 4 members (excludes halogenated alkanes) is 1. The topological polar surface area (TPSA) is 102 Å². The summed E-state index contributed by atoms with van der Waals surface area (Å²) in [6, 6.07) is 1.94.